The smallest absolute Gasteiger partial charge is 0.459 e. The van der Waals surface area contributed by atoms with Crippen molar-refractivity contribution in [2.75, 3.05) is 6.61 Å². The molecule has 0 fully saturated rings. The highest BCUT2D eigenvalue weighted by Gasteiger charge is 2.48. The first-order valence-electron chi connectivity index (χ1n) is 13.4. The molecule has 0 saturated heterocycles. The van der Waals surface area contributed by atoms with E-state index in [1.165, 1.54) is 12.1 Å². The number of nitrogens with one attached hydrogen (secondary N) is 1. The predicted octanol–water partition coefficient (Wildman–Crippen LogP) is 6.11. The van der Waals surface area contributed by atoms with Crippen LogP contribution in [-0.2, 0) is 37.4 Å². The van der Waals surface area contributed by atoms with Crippen molar-refractivity contribution < 1.29 is 44.8 Å². The number of fused-ring (bicyclic) bond motifs is 3. The maximum absolute atomic E-state index is 13.1. The van der Waals surface area contributed by atoms with Gasteiger partial charge >= 0.3 is 27.7 Å². The number of halogens is 3. The second-order valence-electron chi connectivity index (χ2n) is 9.95. The molecule has 4 aromatic rings. The maximum Gasteiger partial charge on any atom is 0.534 e. The van der Waals surface area contributed by atoms with E-state index >= 15 is 0 Å². The van der Waals surface area contributed by atoms with E-state index < -0.39 is 39.5 Å². The molecule has 0 radical (unpaired) electrons. The van der Waals surface area contributed by atoms with Crippen LogP contribution in [0.5, 0.6) is 5.75 Å². The minimum absolute atomic E-state index is 0.00532. The molecule has 1 aliphatic rings. The third kappa shape index (κ3) is 7.03. The van der Waals surface area contributed by atoms with Gasteiger partial charge in [-0.25, -0.2) is 9.59 Å². The fourth-order valence-corrected chi connectivity index (χ4v) is 5.35. The highest BCUT2D eigenvalue weighted by Crippen LogP contribution is 2.44. The molecule has 1 atom stereocenters. The number of carbonyl (C=O) groups excluding carboxylic acids is 2. The Morgan fingerprint density at radius 2 is 1.32 bits per heavy atom. The molecule has 0 heterocycles. The molecule has 5 rings (SSSR count). The van der Waals surface area contributed by atoms with Gasteiger partial charge in [-0.15, -0.1) is 0 Å². The zero-order chi connectivity index (χ0) is 31.3. The third-order valence-electron chi connectivity index (χ3n) is 7.00. The summed E-state index contributed by atoms with van der Waals surface area (Å²) in [6.45, 7) is -0.0595. The third-order valence-corrected chi connectivity index (χ3v) is 7.98. The molecule has 0 unspecified atom stereocenters. The highest BCUT2D eigenvalue weighted by atomic mass is 32.2. The standard InChI is InChI=1S/C32H26F3NO7S/c33-32(34,35)44(39,40)43-23-16-14-21(15-17-23)18-29(30(37)41-19-22-8-2-1-3-9-22)36-31(38)42-20-28-26-12-6-4-10-24(26)25-11-5-7-13-27(25)28/h1-17,28-29H,18-20H2,(H,36,38)/t29-/m0/s1. The van der Waals surface area contributed by atoms with Crippen LogP contribution in [0.1, 0.15) is 28.2 Å². The topological polar surface area (TPSA) is 108 Å². The second-order valence-corrected chi connectivity index (χ2v) is 11.5. The fourth-order valence-electron chi connectivity index (χ4n) is 4.90. The van der Waals surface area contributed by atoms with Gasteiger partial charge in [-0.2, -0.15) is 21.6 Å². The first kappa shape index (κ1) is 30.6. The van der Waals surface area contributed by atoms with Crippen molar-refractivity contribution in [2.24, 2.45) is 0 Å². The van der Waals surface area contributed by atoms with Crippen LogP contribution in [0, 0.1) is 0 Å². The lowest BCUT2D eigenvalue weighted by molar-refractivity contribution is -0.147. The fraction of sp³-hybridized carbons (Fsp3) is 0.188. The number of hydrogen-bond donors (Lipinski definition) is 1. The Labute approximate surface area is 251 Å². The van der Waals surface area contributed by atoms with E-state index in [-0.39, 0.29) is 25.6 Å². The quantitative estimate of drug-likeness (QED) is 0.129. The summed E-state index contributed by atoms with van der Waals surface area (Å²) in [5.41, 5.74) is -0.377. The molecule has 8 nitrogen and oxygen atoms in total. The number of hydrogen-bond acceptors (Lipinski definition) is 7. The van der Waals surface area contributed by atoms with Crippen molar-refractivity contribution in [3.8, 4) is 16.9 Å². The number of alkyl carbamates (subject to hydrolysis) is 1. The Hall–Kier alpha value is -4.84. The van der Waals surface area contributed by atoms with Crippen LogP contribution in [0.3, 0.4) is 0 Å². The number of benzene rings is 4. The van der Waals surface area contributed by atoms with Crippen molar-refractivity contribution in [1.29, 1.82) is 0 Å². The molecule has 44 heavy (non-hydrogen) atoms. The van der Waals surface area contributed by atoms with Crippen molar-refractivity contribution in [3.05, 3.63) is 125 Å². The van der Waals surface area contributed by atoms with Crippen molar-refractivity contribution in [2.45, 2.75) is 30.5 Å². The average Bonchev–Trinajstić information content (AvgIpc) is 3.33. The number of carbonyl (C=O) groups is 2. The number of esters is 1. The van der Waals surface area contributed by atoms with Gasteiger partial charge in [-0.1, -0.05) is 91.0 Å². The maximum atomic E-state index is 13.1. The van der Waals surface area contributed by atoms with Crippen molar-refractivity contribution in [3.63, 3.8) is 0 Å². The van der Waals surface area contributed by atoms with E-state index in [4.69, 9.17) is 9.47 Å². The average molecular weight is 626 g/mol. The molecule has 0 spiro atoms. The number of ether oxygens (including phenoxy) is 2. The van der Waals surface area contributed by atoms with Crippen LogP contribution in [0.2, 0.25) is 0 Å². The minimum atomic E-state index is -5.85. The van der Waals surface area contributed by atoms with Gasteiger partial charge in [0.1, 0.15) is 25.0 Å². The molecule has 12 heteroatoms. The first-order chi connectivity index (χ1) is 21.0. The lowest BCUT2D eigenvalue weighted by atomic mass is 9.98. The largest absolute Gasteiger partial charge is 0.534 e. The minimum Gasteiger partial charge on any atom is -0.459 e. The van der Waals surface area contributed by atoms with Crippen LogP contribution >= 0.6 is 0 Å². The molecule has 1 N–H and O–H groups in total. The Kier molecular flexibility index (Phi) is 8.91. The van der Waals surface area contributed by atoms with E-state index in [1.807, 2.05) is 48.5 Å². The summed E-state index contributed by atoms with van der Waals surface area (Å²) >= 11 is 0. The number of alkyl halides is 3. The molecule has 0 aromatic heterocycles. The summed E-state index contributed by atoms with van der Waals surface area (Å²) in [5, 5.41) is 2.53. The molecule has 1 aliphatic carbocycles. The van der Waals surface area contributed by atoms with Crippen molar-refractivity contribution in [1.82, 2.24) is 5.32 Å². The molecular formula is C32H26F3NO7S. The van der Waals surface area contributed by atoms with E-state index in [2.05, 4.69) is 9.50 Å². The SMILES string of the molecule is O=C(N[C@@H](Cc1ccc(OS(=O)(=O)C(F)(F)F)cc1)C(=O)OCc1ccccc1)OCC1c2ccccc2-c2ccccc21. The molecule has 1 amide bonds. The van der Waals surface area contributed by atoms with E-state index in [0.717, 1.165) is 34.4 Å². The van der Waals surface area contributed by atoms with Crippen LogP contribution < -0.4 is 9.50 Å². The summed E-state index contributed by atoms with van der Waals surface area (Å²) in [7, 11) is -5.85. The van der Waals surface area contributed by atoms with Gasteiger partial charge in [0.2, 0.25) is 0 Å². The summed E-state index contributed by atoms with van der Waals surface area (Å²) in [6.07, 6.45) is -1.01. The molecule has 0 aliphatic heterocycles. The number of rotatable bonds is 10. The Morgan fingerprint density at radius 3 is 1.91 bits per heavy atom. The predicted molar refractivity (Wildman–Crippen MR) is 154 cm³/mol. The van der Waals surface area contributed by atoms with Gasteiger partial charge in [-0.05, 0) is 45.5 Å². The lowest BCUT2D eigenvalue weighted by Gasteiger charge is -2.19. The van der Waals surface area contributed by atoms with Crippen LogP contribution in [-0.4, -0.2) is 38.6 Å². The van der Waals surface area contributed by atoms with Gasteiger partial charge in [0.05, 0.1) is 0 Å². The highest BCUT2D eigenvalue weighted by molar-refractivity contribution is 7.88. The second kappa shape index (κ2) is 12.8. The molecule has 0 bridgehead atoms. The molecule has 0 saturated carbocycles. The van der Waals surface area contributed by atoms with E-state index in [1.54, 1.807) is 30.3 Å². The van der Waals surface area contributed by atoms with Gasteiger partial charge in [0.25, 0.3) is 0 Å². The van der Waals surface area contributed by atoms with Gasteiger partial charge in [-0.3, -0.25) is 0 Å². The van der Waals surface area contributed by atoms with Crippen LogP contribution in [0.25, 0.3) is 11.1 Å². The summed E-state index contributed by atoms with van der Waals surface area (Å²) in [5.74, 6) is -1.56. The lowest BCUT2D eigenvalue weighted by Crippen LogP contribution is -2.43. The Morgan fingerprint density at radius 1 is 0.750 bits per heavy atom. The van der Waals surface area contributed by atoms with Gasteiger partial charge in [0, 0.05) is 12.3 Å². The van der Waals surface area contributed by atoms with Gasteiger partial charge < -0.3 is 19.0 Å². The van der Waals surface area contributed by atoms with Crippen LogP contribution in [0.4, 0.5) is 18.0 Å². The van der Waals surface area contributed by atoms with Gasteiger partial charge in [0.15, 0.2) is 0 Å². The molecule has 4 aromatic carbocycles. The Balaban J connectivity index is 1.28. The van der Waals surface area contributed by atoms with E-state index in [9.17, 15) is 31.2 Å². The summed E-state index contributed by atoms with van der Waals surface area (Å²) in [6, 6.07) is 27.8. The normalized spacial score (nSPS) is 13.3. The molecular weight excluding hydrogens is 599 g/mol. The molecule has 228 valence electrons. The zero-order valence-electron chi connectivity index (χ0n) is 23.0. The van der Waals surface area contributed by atoms with Crippen LogP contribution in [0.15, 0.2) is 103 Å². The first-order valence-corrected chi connectivity index (χ1v) is 14.8. The summed E-state index contributed by atoms with van der Waals surface area (Å²) in [4.78, 5) is 26.1. The zero-order valence-corrected chi connectivity index (χ0v) is 23.8. The van der Waals surface area contributed by atoms with Crippen molar-refractivity contribution >= 4 is 22.2 Å². The van der Waals surface area contributed by atoms with E-state index in [0.29, 0.717) is 11.1 Å². The Bertz CT molecular complexity index is 1700. The summed E-state index contributed by atoms with van der Waals surface area (Å²) < 4.78 is 75.7. The number of amides is 1. The monoisotopic (exact) mass is 625 g/mol.